The summed E-state index contributed by atoms with van der Waals surface area (Å²) in [5.41, 5.74) is 4.62. The third kappa shape index (κ3) is 5.09. The summed E-state index contributed by atoms with van der Waals surface area (Å²) in [6, 6.07) is 8.45. The summed E-state index contributed by atoms with van der Waals surface area (Å²) in [7, 11) is 0. The zero-order valence-corrected chi connectivity index (χ0v) is 26.7. The molecule has 0 spiro atoms. The predicted molar refractivity (Wildman–Crippen MR) is 171 cm³/mol. The van der Waals surface area contributed by atoms with Crippen LogP contribution in [0.15, 0.2) is 36.8 Å². The fourth-order valence-electron chi connectivity index (χ4n) is 7.17. The van der Waals surface area contributed by atoms with E-state index in [-0.39, 0.29) is 30.6 Å². The highest BCUT2D eigenvalue weighted by Gasteiger charge is 2.43. The molecule has 8 rings (SSSR count). The summed E-state index contributed by atoms with van der Waals surface area (Å²) in [6.07, 6.45) is 8.96. The van der Waals surface area contributed by atoms with E-state index in [2.05, 4.69) is 39.5 Å². The lowest BCUT2D eigenvalue weighted by Gasteiger charge is -2.51. The fraction of sp³-hybridized carbons (Fsp3) is 0.471. The Bertz CT molecular complexity index is 1880. The van der Waals surface area contributed by atoms with Gasteiger partial charge >= 0.3 is 0 Å². The van der Waals surface area contributed by atoms with Gasteiger partial charge in [0.1, 0.15) is 17.6 Å². The molecule has 12 heteroatoms. The van der Waals surface area contributed by atoms with Crippen molar-refractivity contribution in [2.24, 2.45) is 11.8 Å². The number of ether oxygens (including phenoxy) is 2. The van der Waals surface area contributed by atoms with Gasteiger partial charge in [-0.2, -0.15) is 10.4 Å². The first-order valence-corrected chi connectivity index (χ1v) is 16.4. The lowest BCUT2D eigenvalue weighted by atomic mass is 9.88. The molecule has 4 aliphatic rings. The van der Waals surface area contributed by atoms with Crippen molar-refractivity contribution in [3.8, 4) is 22.9 Å². The third-order valence-electron chi connectivity index (χ3n) is 10.0. The molecule has 6 heterocycles. The number of hydrogen-bond donors (Lipinski definition) is 0. The van der Waals surface area contributed by atoms with Crippen molar-refractivity contribution in [1.82, 2.24) is 29.6 Å². The quantitative estimate of drug-likeness (QED) is 0.276. The summed E-state index contributed by atoms with van der Waals surface area (Å²) in [4.78, 5) is 30.8. The number of likely N-dealkylation sites (tertiary alicyclic amines) is 1. The standard InChI is InChI=1S/C34H35ClN8O3/c1-20-15-41(34(2)18-45-19-34)8-7-27(20)43-33-25(14-39-43)32(24(11-36)26(40-33)9-21-3-4-21)22-5-6-28-29(10-22)46-17-31(44)42(28)16-30-37-12-23(35)13-38-30/h5-6,10,12-14,20-21,27H,3-4,7-9,15-19H2,1-2H3/t20-,27-/m1/s1. The number of hydrogen-bond acceptors (Lipinski definition) is 9. The molecule has 11 nitrogen and oxygen atoms in total. The Labute approximate surface area is 272 Å². The van der Waals surface area contributed by atoms with Crippen molar-refractivity contribution in [1.29, 1.82) is 5.26 Å². The fourth-order valence-corrected chi connectivity index (χ4v) is 7.27. The van der Waals surface area contributed by atoms with Crippen molar-refractivity contribution in [2.75, 3.05) is 37.8 Å². The minimum absolute atomic E-state index is 0.104. The lowest BCUT2D eigenvalue weighted by Crippen LogP contribution is -2.63. The van der Waals surface area contributed by atoms with Crippen LogP contribution in [0.3, 0.4) is 0 Å². The monoisotopic (exact) mass is 638 g/mol. The van der Waals surface area contributed by atoms with E-state index in [0.717, 1.165) is 79.8 Å². The normalized spacial score (nSPS) is 22.7. The van der Waals surface area contributed by atoms with Crippen LogP contribution in [-0.2, 0) is 22.5 Å². The summed E-state index contributed by atoms with van der Waals surface area (Å²) in [5.74, 6) is 1.77. The Kier molecular flexibility index (Phi) is 7.20. The molecule has 1 saturated carbocycles. The van der Waals surface area contributed by atoms with Crippen LogP contribution in [-0.4, -0.2) is 74.0 Å². The van der Waals surface area contributed by atoms with Crippen LogP contribution in [0.4, 0.5) is 5.69 Å². The molecule has 0 unspecified atom stereocenters. The van der Waals surface area contributed by atoms with Crippen molar-refractivity contribution in [3.05, 3.63) is 58.9 Å². The van der Waals surface area contributed by atoms with Crippen LogP contribution < -0.4 is 9.64 Å². The van der Waals surface area contributed by atoms with Gasteiger partial charge in [0, 0.05) is 36.4 Å². The second-order valence-corrected chi connectivity index (χ2v) is 13.9. The van der Waals surface area contributed by atoms with Crippen LogP contribution in [0, 0.1) is 23.2 Å². The van der Waals surface area contributed by atoms with E-state index in [1.807, 2.05) is 24.4 Å². The first kappa shape index (κ1) is 29.3. The largest absolute Gasteiger partial charge is 0.482 e. The number of nitrogens with zero attached hydrogens (tertiary/aromatic N) is 8. The molecular formula is C34H35ClN8O3. The second-order valence-electron chi connectivity index (χ2n) is 13.4. The van der Waals surface area contributed by atoms with Crippen molar-refractivity contribution in [2.45, 2.75) is 57.7 Å². The van der Waals surface area contributed by atoms with E-state index in [1.165, 1.54) is 12.4 Å². The molecule has 4 aromatic rings. The topological polar surface area (TPSA) is 122 Å². The number of carbonyl (C=O) groups is 1. The average molecular weight is 639 g/mol. The number of carbonyl (C=O) groups excluding carboxylic acids is 1. The molecular weight excluding hydrogens is 604 g/mol. The number of nitriles is 1. The molecule has 3 aliphatic heterocycles. The lowest BCUT2D eigenvalue weighted by molar-refractivity contribution is -0.143. The van der Waals surface area contributed by atoms with E-state index >= 15 is 0 Å². The molecule has 0 N–H and O–H groups in total. The molecule has 1 amide bonds. The number of fused-ring (bicyclic) bond motifs is 2. The third-order valence-corrected chi connectivity index (χ3v) is 10.2. The van der Waals surface area contributed by atoms with Gasteiger partial charge in [0.25, 0.3) is 5.91 Å². The molecule has 3 fully saturated rings. The number of halogens is 1. The van der Waals surface area contributed by atoms with Crippen molar-refractivity contribution >= 4 is 34.2 Å². The number of rotatable bonds is 7. The van der Waals surface area contributed by atoms with Crippen molar-refractivity contribution < 1.29 is 14.3 Å². The highest BCUT2D eigenvalue weighted by Crippen LogP contribution is 2.43. The molecule has 0 bridgehead atoms. The highest BCUT2D eigenvalue weighted by atomic mass is 35.5. The number of anilines is 1. The van der Waals surface area contributed by atoms with Crippen LogP contribution >= 0.6 is 11.6 Å². The van der Waals surface area contributed by atoms with Gasteiger partial charge in [0.2, 0.25) is 0 Å². The zero-order valence-electron chi connectivity index (χ0n) is 25.9. The minimum atomic E-state index is -0.185. The molecule has 2 atom stereocenters. The van der Waals surface area contributed by atoms with Crippen LogP contribution in [0.2, 0.25) is 5.02 Å². The smallest absolute Gasteiger partial charge is 0.265 e. The van der Waals surface area contributed by atoms with E-state index in [4.69, 9.17) is 31.2 Å². The molecule has 3 aromatic heterocycles. The van der Waals surface area contributed by atoms with E-state index in [1.54, 1.807) is 4.90 Å². The van der Waals surface area contributed by atoms with Crippen LogP contribution in [0.5, 0.6) is 5.75 Å². The van der Waals surface area contributed by atoms with Gasteiger partial charge in [0.05, 0.1) is 59.5 Å². The number of pyridine rings is 1. The maximum absolute atomic E-state index is 12.9. The Morgan fingerprint density at radius 2 is 1.96 bits per heavy atom. The molecule has 2 saturated heterocycles. The SMILES string of the molecule is C[C@@H]1CN(C2(C)COC2)CC[C@H]1n1ncc2c(-c3ccc4c(c3)OCC(=O)N4Cc3ncc(Cl)cn3)c(C#N)c(CC3CC3)nc21. The Hall–Kier alpha value is -4.11. The first-order valence-electron chi connectivity index (χ1n) is 16.0. The Balaban J connectivity index is 1.18. The second kappa shape index (κ2) is 11.3. The van der Waals surface area contributed by atoms with Crippen LogP contribution in [0.25, 0.3) is 22.2 Å². The van der Waals surface area contributed by atoms with E-state index < -0.39 is 0 Å². The summed E-state index contributed by atoms with van der Waals surface area (Å²) >= 11 is 5.97. The highest BCUT2D eigenvalue weighted by molar-refractivity contribution is 6.30. The zero-order chi connectivity index (χ0) is 31.6. The predicted octanol–water partition coefficient (Wildman–Crippen LogP) is 4.96. The van der Waals surface area contributed by atoms with E-state index in [0.29, 0.717) is 39.7 Å². The van der Waals surface area contributed by atoms with Crippen LogP contribution in [0.1, 0.15) is 56.2 Å². The average Bonchev–Trinajstić information content (AvgIpc) is 3.77. The summed E-state index contributed by atoms with van der Waals surface area (Å²) < 4.78 is 13.6. The van der Waals surface area contributed by atoms with Gasteiger partial charge in [-0.05, 0) is 62.1 Å². The maximum atomic E-state index is 12.9. The summed E-state index contributed by atoms with van der Waals surface area (Å²) in [6.45, 7) is 8.20. The summed E-state index contributed by atoms with van der Waals surface area (Å²) in [5, 5.41) is 16.8. The van der Waals surface area contributed by atoms with E-state index in [9.17, 15) is 10.1 Å². The molecule has 46 heavy (non-hydrogen) atoms. The Morgan fingerprint density at radius 3 is 2.65 bits per heavy atom. The maximum Gasteiger partial charge on any atom is 0.265 e. The number of amides is 1. The molecule has 0 radical (unpaired) electrons. The van der Waals surface area contributed by atoms with Gasteiger partial charge < -0.3 is 9.47 Å². The van der Waals surface area contributed by atoms with Crippen molar-refractivity contribution in [3.63, 3.8) is 0 Å². The number of benzene rings is 1. The van der Waals surface area contributed by atoms with Gasteiger partial charge in [-0.1, -0.05) is 24.6 Å². The molecule has 236 valence electrons. The minimum Gasteiger partial charge on any atom is -0.482 e. The number of piperidine rings is 1. The molecule has 1 aromatic carbocycles. The first-order chi connectivity index (χ1) is 22.3. The molecule has 1 aliphatic carbocycles. The van der Waals surface area contributed by atoms with Gasteiger partial charge in [0.15, 0.2) is 12.3 Å². The van der Waals surface area contributed by atoms with Gasteiger partial charge in [-0.25, -0.2) is 19.6 Å². The van der Waals surface area contributed by atoms with Gasteiger partial charge in [-0.15, -0.1) is 0 Å². The Morgan fingerprint density at radius 1 is 1.15 bits per heavy atom. The van der Waals surface area contributed by atoms with Gasteiger partial charge in [-0.3, -0.25) is 14.6 Å². The number of aromatic nitrogens is 5.